The van der Waals surface area contributed by atoms with Crippen molar-refractivity contribution in [1.82, 2.24) is 36.8 Å². The number of amides is 9. The van der Waals surface area contributed by atoms with Crippen LogP contribution in [0.25, 0.3) is 0 Å². The average molecular weight is 731 g/mol. The van der Waals surface area contributed by atoms with Crippen LogP contribution in [0.4, 0.5) is 5.69 Å². The van der Waals surface area contributed by atoms with Gasteiger partial charge in [-0.05, 0) is 50.8 Å². The summed E-state index contributed by atoms with van der Waals surface area (Å²) in [6, 6.07) is 2.26. The van der Waals surface area contributed by atoms with E-state index < -0.39 is 84.5 Å². The highest BCUT2D eigenvalue weighted by molar-refractivity contribution is 5.98. The van der Waals surface area contributed by atoms with Crippen LogP contribution in [0.5, 0.6) is 0 Å². The molecule has 9 amide bonds. The van der Waals surface area contributed by atoms with E-state index in [0.717, 1.165) is 0 Å². The first-order valence-corrected chi connectivity index (χ1v) is 16.3. The molecule has 0 aliphatic carbocycles. The van der Waals surface area contributed by atoms with E-state index >= 15 is 0 Å². The molecule has 1 fully saturated rings. The van der Waals surface area contributed by atoms with Gasteiger partial charge in [0.25, 0.3) is 0 Å². The second-order valence-electron chi connectivity index (χ2n) is 11.7. The zero-order chi connectivity index (χ0) is 38.8. The molecule has 0 bridgehead atoms. The van der Waals surface area contributed by atoms with Crippen molar-refractivity contribution in [2.45, 2.75) is 63.7 Å². The standard InChI is InChI=1S/C31H46N12O9/c1-17(39-24(46)13-35-16-44)27(49)42-22-9-11-43(30(22)52)18(2)28(50)37-15-26(48)41-21(4-3-10-36-31(33)34)29(51)38-14-25(47)40-20-7-5-19(6-8-20)12-23(32)45/h5-8,16-18,21-22H,3-4,9-15H2,1-2H3,(H2,32,45)(H,35,44)(H,37,50)(H,38,51)(H,39,46)(H,40,47)(H,41,48)(H,42,49)(H4,33,34,36)/t17-,18-,21?,22+/m0/s1. The Bertz CT molecular complexity index is 1510. The topological polar surface area (TPSA) is 332 Å². The predicted molar refractivity (Wildman–Crippen MR) is 185 cm³/mol. The number of aliphatic imine (C=N–C) groups is 1. The van der Waals surface area contributed by atoms with Gasteiger partial charge in [0.1, 0.15) is 24.2 Å². The van der Waals surface area contributed by atoms with Crippen LogP contribution in [-0.4, -0.2) is 121 Å². The van der Waals surface area contributed by atoms with Gasteiger partial charge in [0.2, 0.25) is 53.7 Å². The summed E-state index contributed by atoms with van der Waals surface area (Å²) in [5.74, 6) is -5.11. The summed E-state index contributed by atoms with van der Waals surface area (Å²) >= 11 is 0. The minimum Gasteiger partial charge on any atom is -0.370 e. The molecule has 1 saturated heterocycles. The fourth-order valence-electron chi connectivity index (χ4n) is 4.89. The maximum Gasteiger partial charge on any atom is 0.245 e. The molecule has 52 heavy (non-hydrogen) atoms. The Morgan fingerprint density at radius 1 is 0.885 bits per heavy atom. The summed E-state index contributed by atoms with van der Waals surface area (Å²) in [5, 5.41) is 17.1. The van der Waals surface area contributed by atoms with Crippen LogP contribution in [-0.2, 0) is 49.6 Å². The highest BCUT2D eigenvalue weighted by atomic mass is 16.2. The molecule has 21 nitrogen and oxygen atoms in total. The molecule has 1 aliphatic rings. The number of nitrogens with two attached hydrogens (primary N) is 3. The minimum atomic E-state index is -1.13. The van der Waals surface area contributed by atoms with Crippen molar-refractivity contribution in [2.24, 2.45) is 22.2 Å². The number of guanidine groups is 1. The fourth-order valence-corrected chi connectivity index (χ4v) is 4.89. The van der Waals surface area contributed by atoms with Crippen LogP contribution >= 0.6 is 0 Å². The molecule has 2 rings (SSSR count). The molecule has 0 aromatic heterocycles. The van der Waals surface area contributed by atoms with Gasteiger partial charge in [0.15, 0.2) is 5.96 Å². The number of hydrogen-bond acceptors (Lipinski definition) is 10. The third-order valence-corrected chi connectivity index (χ3v) is 7.58. The summed E-state index contributed by atoms with van der Waals surface area (Å²) < 4.78 is 0. The van der Waals surface area contributed by atoms with E-state index in [1.807, 2.05) is 0 Å². The molecule has 1 aromatic rings. The number of rotatable bonds is 21. The Balaban J connectivity index is 1.89. The van der Waals surface area contributed by atoms with Crippen LogP contribution in [0.15, 0.2) is 29.3 Å². The number of benzene rings is 1. The van der Waals surface area contributed by atoms with Crippen LogP contribution in [0.1, 0.15) is 38.7 Å². The number of anilines is 1. The van der Waals surface area contributed by atoms with Crippen molar-refractivity contribution < 1.29 is 43.2 Å². The van der Waals surface area contributed by atoms with E-state index in [-0.39, 0.29) is 51.3 Å². The highest BCUT2D eigenvalue weighted by Gasteiger charge is 2.38. The Labute approximate surface area is 299 Å². The molecule has 13 N–H and O–H groups in total. The second kappa shape index (κ2) is 21.1. The van der Waals surface area contributed by atoms with E-state index in [9.17, 15) is 43.2 Å². The first-order valence-electron chi connectivity index (χ1n) is 16.3. The maximum atomic E-state index is 13.0. The number of nitrogens with one attached hydrogen (secondary N) is 7. The van der Waals surface area contributed by atoms with Gasteiger partial charge in [-0.1, -0.05) is 12.1 Å². The lowest BCUT2D eigenvalue weighted by Crippen LogP contribution is -2.54. The van der Waals surface area contributed by atoms with Crippen molar-refractivity contribution in [1.29, 1.82) is 0 Å². The number of carbonyl (C=O) groups is 9. The lowest BCUT2D eigenvalue weighted by Gasteiger charge is -2.24. The molecule has 1 aromatic carbocycles. The van der Waals surface area contributed by atoms with Gasteiger partial charge in [-0.2, -0.15) is 0 Å². The molecule has 1 heterocycles. The number of likely N-dealkylation sites (tertiary alicyclic amines) is 1. The quantitative estimate of drug-likeness (QED) is 0.0247. The Hall–Kier alpha value is -6.28. The zero-order valence-electron chi connectivity index (χ0n) is 28.9. The molecule has 0 radical (unpaired) electrons. The van der Waals surface area contributed by atoms with Crippen molar-refractivity contribution in [3.05, 3.63) is 29.8 Å². The smallest absolute Gasteiger partial charge is 0.245 e. The fraction of sp³-hybridized carbons (Fsp3) is 0.484. The summed E-state index contributed by atoms with van der Waals surface area (Å²) in [5.41, 5.74) is 16.9. The van der Waals surface area contributed by atoms with E-state index in [2.05, 4.69) is 42.2 Å². The monoisotopic (exact) mass is 730 g/mol. The van der Waals surface area contributed by atoms with Crippen LogP contribution in [0, 0.1) is 0 Å². The van der Waals surface area contributed by atoms with Gasteiger partial charge in [0.05, 0.1) is 26.1 Å². The summed E-state index contributed by atoms with van der Waals surface area (Å²) in [6.07, 6.45) is 0.918. The second-order valence-corrected chi connectivity index (χ2v) is 11.7. The first kappa shape index (κ1) is 41.9. The van der Waals surface area contributed by atoms with Gasteiger partial charge < -0.3 is 59.3 Å². The number of hydrogen-bond donors (Lipinski definition) is 10. The van der Waals surface area contributed by atoms with E-state index in [1.165, 1.54) is 18.7 Å². The normalized spacial score (nSPS) is 15.2. The SMILES string of the molecule is C[C@H](NC(=O)CNC=O)C(=O)N[C@@H]1CCN([C@@H](C)C(=O)NCC(=O)NC(CCCN=C(N)N)C(=O)NCC(=O)Nc2ccc(CC(N)=O)cc2)C1=O. The number of primary amides is 1. The largest absolute Gasteiger partial charge is 0.370 e. The summed E-state index contributed by atoms with van der Waals surface area (Å²) in [7, 11) is 0. The average Bonchev–Trinajstić information content (AvgIpc) is 3.45. The van der Waals surface area contributed by atoms with Gasteiger partial charge in [-0.3, -0.25) is 48.1 Å². The summed E-state index contributed by atoms with van der Waals surface area (Å²) in [6.45, 7) is 1.81. The molecular formula is C31H46N12O9. The van der Waals surface area contributed by atoms with Crippen molar-refractivity contribution in [2.75, 3.05) is 38.0 Å². The molecule has 21 heteroatoms. The van der Waals surface area contributed by atoms with E-state index in [0.29, 0.717) is 17.7 Å². The van der Waals surface area contributed by atoms with Crippen LogP contribution < -0.4 is 54.4 Å². The molecule has 284 valence electrons. The van der Waals surface area contributed by atoms with Gasteiger partial charge >= 0.3 is 0 Å². The molecule has 4 atom stereocenters. The molecular weight excluding hydrogens is 684 g/mol. The van der Waals surface area contributed by atoms with E-state index in [1.54, 1.807) is 24.3 Å². The molecule has 1 aliphatic heterocycles. The molecule has 0 spiro atoms. The Morgan fingerprint density at radius 3 is 2.15 bits per heavy atom. The van der Waals surface area contributed by atoms with Crippen molar-refractivity contribution >= 4 is 65.3 Å². The highest BCUT2D eigenvalue weighted by Crippen LogP contribution is 2.15. The van der Waals surface area contributed by atoms with Crippen LogP contribution in [0.3, 0.4) is 0 Å². The lowest BCUT2D eigenvalue weighted by atomic mass is 10.1. The number of nitrogens with zero attached hydrogens (tertiary/aromatic N) is 2. The van der Waals surface area contributed by atoms with Gasteiger partial charge in [-0.25, -0.2) is 0 Å². The Kier molecular flexibility index (Phi) is 17.0. The van der Waals surface area contributed by atoms with Gasteiger partial charge in [0, 0.05) is 18.8 Å². The van der Waals surface area contributed by atoms with E-state index in [4.69, 9.17) is 17.2 Å². The van der Waals surface area contributed by atoms with Gasteiger partial charge in [-0.15, -0.1) is 0 Å². The third kappa shape index (κ3) is 14.7. The predicted octanol–water partition coefficient (Wildman–Crippen LogP) is -5.22. The zero-order valence-corrected chi connectivity index (χ0v) is 28.9. The molecule has 0 saturated carbocycles. The maximum absolute atomic E-state index is 13.0. The number of carbonyl (C=O) groups excluding carboxylic acids is 9. The lowest BCUT2D eigenvalue weighted by molar-refractivity contribution is -0.139. The third-order valence-electron chi connectivity index (χ3n) is 7.58. The first-order chi connectivity index (χ1) is 24.6. The van der Waals surface area contributed by atoms with Crippen molar-refractivity contribution in [3.8, 4) is 0 Å². The molecule has 1 unspecified atom stereocenters. The summed E-state index contributed by atoms with van der Waals surface area (Å²) in [4.78, 5) is 115. The van der Waals surface area contributed by atoms with Crippen molar-refractivity contribution in [3.63, 3.8) is 0 Å². The van der Waals surface area contributed by atoms with Crippen LogP contribution in [0.2, 0.25) is 0 Å². The Morgan fingerprint density at radius 2 is 1.52 bits per heavy atom. The minimum absolute atomic E-state index is 0.0390.